The van der Waals surface area contributed by atoms with E-state index < -0.39 is 17.3 Å². The standard InChI is InChI=1S/C29H24FN7O2/c1-2-3-22(38)37-28-11-8-19(28)9-12-29(28,37)27-35-23(24-25(31)33-14-15-36(24)27)17-4-6-18(7-5-17)26(39)34-21-16-20(30)10-13-32-21/h4-7,10,13-16,19H,8-9,11-12H2,1H3,(H2,31,33)(H,32,34,39). The summed E-state index contributed by atoms with van der Waals surface area (Å²) in [6.45, 7) is 1.67. The Morgan fingerprint density at radius 3 is 2.64 bits per heavy atom. The molecule has 4 heterocycles. The molecule has 2 amide bonds. The van der Waals surface area contributed by atoms with Crippen LogP contribution in [0.15, 0.2) is 55.0 Å². The Labute approximate surface area is 223 Å². The number of fused-ring (bicyclic) bond motifs is 1. The highest BCUT2D eigenvalue weighted by Crippen LogP contribution is 2.77. The SMILES string of the molecule is CC#CC(=O)N1C2(c3nc(-c4ccc(C(=O)Nc5cc(F)ccn5)cc4)c4c(N)nccn34)CCC3CCC312. The van der Waals surface area contributed by atoms with Gasteiger partial charge in [0.2, 0.25) is 0 Å². The quantitative estimate of drug-likeness (QED) is 0.312. The van der Waals surface area contributed by atoms with Gasteiger partial charge in [0.05, 0.1) is 5.54 Å². The van der Waals surface area contributed by atoms with Gasteiger partial charge in [-0.05, 0) is 62.6 Å². The molecule has 39 heavy (non-hydrogen) atoms. The van der Waals surface area contributed by atoms with E-state index >= 15 is 0 Å². The van der Waals surface area contributed by atoms with Crippen LogP contribution in [0.25, 0.3) is 16.8 Å². The predicted molar refractivity (Wildman–Crippen MR) is 142 cm³/mol. The van der Waals surface area contributed by atoms with Gasteiger partial charge in [0.25, 0.3) is 11.8 Å². The third-order valence-corrected chi connectivity index (χ3v) is 8.62. The van der Waals surface area contributed by atoms with Crippen LogP contribution in [0.3, 0.4) is 0 Å². The number of rotatable bonds is 4. The monoisotopic (exact) mass is 521 g/mol. The molecular formula is C29H24FN7O2. The number of nitrogens with one attached hydrogen (secondary N) is 1. The second-order valence-corrected chi connectivity index (χ2v) is 10.3. The average Bonchev–Trinajstić information content (AvgIpc) is 3.26. The first kappa shape index (κ1) is 23.3. The molecule has 1 saturated heterocycles. The Hall–Kier alpha value is -4.78. The van der Waals surface area contributed by atoms with Crippen molar-refractivity contribution in [1.82, 2.24) is 24.3 Å². The molecule has 0 radical (unpaired) electrons. The van der Waals surface area contributed by atoms with Crippen LogP contribution in [0.4, 0.5) is 16.0 Å². The number of carbonyl (C=O) groups is 2. The zero-order valence-corrected chi connectivity index (χ0v) is 21.1. The second kappa shape index (κ2) is 8.11. The number of nitrogens with two attached hydrogens (primary N) is 1. The predicted octanol–water partition coefficient (Wildman–Crippen LogP) is 3.77. The van der Waals surface area contributed by atoms with Gasteiger partial charge in [-0.1, -0.05) is 18.1 Å². The first-order valence-electron chi connectivity index (χ1n) is 12.8. The molecule has 3 aromatic heterocycles. The van der Waals surface area contributed by atoms with Crippen molar-refractivity contribution in [3.63, 3.8) is 0 Å². The minimum Gasteiger partial charge on any atom is -0.382 e. The maximum Gasteiger partial charge on any atom is 0.299 e. The Bertz CT molecular complexity index is 1760. The molecule has 9 nitrogen and oxygen atoms in total. The van der Waals surface area contributed by atoms with Crippen molar-refractivity contribution in [1.29, 1.82) is 0 Å². The molecule has 3 unspecified atom stereocenters. The van der Waals surface area contributed by atoms with Gasteiger partial charge in [0, 0.05) is 35.8 Å². The number of carbonyl (C=O) groups excluding carboxylic acids is 2. The Morgan fingerprint density at radius 1 is 1.13 bits per heavy atom. The van der Waals surface area contributed by atoms with Gasteiger partial charge in [0.1, 0.15) is 40.0 Å². The maximum atomic E-state index is 13.5. The number of aromatic nitrogens is 4. The second-order valence-electron chi connectivity index (χ2n) is 10.3. The molecule has 2 aliphatic carbocycles. The van der Waals surface area contributed by atoms with Gasteiger partial charge in [0.15, 0.2) is 0 Å². The molecule has 3 aliphatic rings. The van der Waals surface area contributed by atoms with Gasteiger partial charge in [-0.15, -0.1) is 0 Å². The molecule has 10 heteroatoms. The van der Waals surface area contributed by atoms with E-state index in [9.17, 15) is 14.0 Å². The van der Waals surface area contributed by atoms with Crippen molar-refractivity contribution in [2.45, 2.75) is 43.7 Å². The Kier molecular flexibility index (Phi) is 4.85. The largest absolute Gasteiger partial charge is 0.382 e. The van der Waals surface area contributed by atoms with E-state index in [-0.39, 0.29) is 17.3 Å². The fourth-order valence-corrected chi connectivity index (χ4v) is 6.95. The summed E-state index contributed by atoms with van der Waals surface area (Å²) in [5.41, 5.74) is 8.02. The highest BCUT2D eigenvalue weighted by atomic mass is 19.1. The van der Waals surface area contributed by atoms with Crippen molar-refractivity contribution in [2.24, 2.45) is 5.92 Å². The van der Waals surface area contributed by atoms with Crippen molar-refractivity contribution in [2.75, 3.05) is 11.1 Å². The number of amides is 2. The van der Waals surface area contributed by atoms with E-state index in [1.165, 1.54) is 12.3 Å². The molecule has 1 spiro atoms. The first-order valence-corrected chi connectivity index (χ1v) is 12.8. The van der Waals surface area contributed by atoms with E-state index in [0.717, 1.165) is 43.1 Å². The van der Waals surface area contributed by atoms with Crippen LogP contribution < -0.4 is 11.1 Å². The summed E-state index contributed by atoms with van der Waals surface area (Å²) in [6, 6.07) is 9.28. The number of nitrogens with zero attached hydrogens (tertiary/aromatic N) is 5. The number of likely N-dealkylation sites (tertiary alicyclic amines) is 1. The number of anilines is 2. The summed E-state index contributed by atoms with van der Waals surface area (Å²) in [4.78, 5) is 41.2. The third-order valence-electron chi connectivity index (χ3n) is 8.62. The lowest BCUT2D eigenvalue weighted by Crippen LogP contribution is -2.39. The molecule has 3 atom stereocenters. The lowest BCUT2D eigenvalue weighted by molar-refractivity contribution is -0.124. The topological polar surface area (TPSA) is 118 Å². The van der Waals surface area contributed by atoms with E-state index in [4.69, 9.17) is 10.7 Å². The Morgan fingerprint density at radius 2 is 1.92 bits per heavy atom. The lowest BCUT2D eigenvalue weighted by Gasteiger charge is -2.34. The average molecular weight is 522 g/mol. The zero-order valence-electron chi connectivity index (χ0n) is 21.1. The number of benzene rings is 1. The van der Waals surface area contributed by atoms with Crippen LogP contribution in [0.1, 0.15) is 48.8 Å². The van der Waals surface area contributed by atoms with Crippen LogP contribution in [0.2, 0.25) is 0 Å². The molecule has 1 aliphatic heterocycles. The van der Waals surface area contributed by atoms with Gasteiger partial charge in [-0.3, -0.25) is 14.0 Å². The van der Waals surface area contributed by atoms with E-state index in [0.29, 0.717) is 28.5 Å². The fraction of sp³-hybridized carbons (Fsp3) is 0.276. The molecule has 1 aromatic carbocycles. The van der Waals surface area contributed by atoms with Gasteiger partial charge in [-0.25, -0.2) is 19.3 Å². The minimum atomic E-state index is -0.524. The number of piperidine rings is 1. The number of pyridine rings is 1. The van der Waals surface area contributed by atoms with Gasteiger partial charge < -0.3 is 16.0 Å². The Balaban J connectivity index is 1.29. The lowest BCUT2D eigenvalue weighted by atomic mass is 9.71. The molecule has 2 saturated carbocycles. The molecule has 3 N–H and O–H groups in total. The van der Waals surface area contributed by atoms with E-state index in [2.05, 4.69) is 27.1 Å². The summed E-state index contributed by atoms with van der Waals surface area (Å²) in [6.07, 6.45) is 8.66. The van der Waals surface area contributed by atoms with Crippen molar-refractivity contribution >= 4 is 29.0 Å². The summed E-state index contributed by atoms with van der Waals surface area (Å²) in [5, 5.41) is 2.60. The maximum absolute atomic E-state index is 13.5. The van der Waals surface area contributed by atoms with Gasteiger partial charge >= 0.3 is 0 Å². The molecule has 4 aromatic rings. The van der Waals surface area contributed by atoms with Crippen LogP contribution in [-0.4, -0.2) is 41.6 Å². The smallest absolute Gasteiger partial charge is 0.299 e. The summed E-state index contributed by atoms with van der Waals surface area (Å²) in [7, 11) is 0. The normalized spacial score (nSPS) is 24.3. The third kappa shape index (κ3) is 3.04. The van der Waals surface area contributed by atoms with Crippen LogP contribution in [0, 0.1) is 23.6 Å². The number of hydrogen-bond donors (Lipinski definition) is 2. The van der Waals surface area contributed by atoms with Crippen LogP contribution >= 0.6 is 0 Å². The summed E-state index contributed by atoms with van der Waals surface area (Å²) >= 11 is 0. The van der Waals surface area contributed by atoms with Gasteiger partial charge in [-0.2, -0.15) is 0 Å². The molecule has 7 rings (SSSR count). The minimum absolute atomic E-state index is 0.128. The zero-order chi connectivity index (χ0) is 26.9. The van der Waals surface area contributed by atoms with Crippen LogP contribution in [0.5, 0.6) is 0 Å². The van der Waals surface area contributed by atoms with Crippen molar-refractivity contribution < 1.29 is 14.0 Å². The van der Waals surface area contributed by atoms with E-state index in [1.54, 1.807) is 37.4 Å². The molecular weight excluding hydrogens is 497 g/mol. The number of nitrogen functional groups attached to an aromatic ring is 1. The number of imidazole rings is 1. The molecule has 3 fully saturated rings. The summed E-state index contributed by atoms with van der Waals surface area (Å²) in [5.74, 6) is 6.11. The molecule has 0 bridgehead atoms. The molecule has 194 valence electrons. The number of halogens is 1. The number of hydrogen-bond acceptors (Lipinski definition) is 6. The first-order chi connectivity index (χ1) is 18.9. The highest BCUT2D eigenvalue weighted by Gasteiger charge is 2.87. The highest BCUT2D eigenvalue weighted by molar-refractivity contribution is 6.04. The fourth-order valence-electron chi connectivity index (χ4n) is 6.95. The van der Waals surface area contributed by atoms with Crippen molar-refractivity contribution in [3.05, 3.63) is 72.2 Å². The summed E-state index contributed by atoms with van der Waals surface area (Å²) < 4.78 is 15.4. The van der Waals surface area contributed by atoms with Crippen molar-refractivity contribution in [3.8, 4) is 23.1 Å². The van der Waals surface area contributed by atoms with E-state index in [1.807, 2.05) is 15.5 Å². The van der Waals surface area contributed by atoms with Crippen LogP contribution in [-0.2, 0) is 10.3 Å².